The van der Waals surface area contributed by atoms with E-state index in [0.717, 1.165) is 5.56 Å². The topological polar surface area (TPSA) is 63.3 Å². The Bertz CT molecular complexity index is 324. The van der Waals surface area contributed by atoms with Crippen LogP contribution in [-0.2, 0) is 11.2 Å². The van der Waals surface area contributed by atoms with Crippen LogP contribution in [0.5, 0.6) is 0 Å². The van der Waals surface area contributed by atoms with Crippen LogP contribution in [0, 0.1) is 5.92 Å². The van der Waals surface area contributed by atoms with Crippen LogP contribution in [-0.4, -0.2) is 17.6 Å². The predicted octanol–water partition coefficient (Wildman–Crippen LogP) is 1.37. The summed E-state index contributed by atoms with van der Waals surface area (Å²) in [6.45, 7) is -0.192. The first-order chi connectivity index (χ1) is 7.13. The van der Waals surface area contributed by atoms with E-state index < -0.39 is 11.8 Å². The molecule has 0 saturated heterocycles. The molecular weight excluding hydrogens is 214 g/mol. The molecule has 0 heterocycles. The molecule has 1 aromatic rings. The van der Waals surface area contributed by atoms with Gasteiger partial charge in [-0.1, -0.05) is 23.7 Å². The van der Waals surface area contributed by atoms with E-state index in [1.165, 1.54) is 0 Å². The first-order valence-corrected chi connectivity index (χ1v) is 5.16. The number of aryl methyl sites for hydroxylation is 1. The molecule has 0 spiro atoms. The molecule has 0 aliphatic heterocycles. The lowest BCUT2D eigenvalue weighted by Crippen LogP contribution is -2.26. The number of aliphatic hydroxyl groups is 1. The number of nitrogens with two attached hydrogens (primary N) is 1. The number of hydrogen-bond acceptors (Lipinski definition) is 2. The quantitative estimate of drug-likeness (QED) is 0.798. The minimum Gasteiger partial charge on any atom is -0.396 e. The van der Waals surface area contributed by atoms with Gasteiger partial charge in [-0.3, -0.25) is 4.79 Å². The SMILES string of the molecule is NC(=O)C(CO)CCc1ccc(Cl)cc1. The molecule has 0 radical (unpaired) electrons. The molecular formula is C11H14ClNO2. The number of rotatable bonds is 5. The van der Waals surface area contributed by atoms with Gasteiger partial charge >= 0.3 is 0 Å². The van der Waals surface area contributed by atoms with Crippen LogP contribution in [0.1, 0.15) is 12.0 Å². The Morgan fingerprint density at radius 3 is 2.47 bits per heavy atom. The van der Waals surface area contributed by atoms with Crippen LogP contribution in [0.4, 0.5) is 0 Å². The lowest BCUT2D eigenvalue weighted by Gasteiger charge is -2.09. The molecule has 1 aromatic carbocycles. The number of benzene rings is 1. The maximum absolute atomic E-state index is 10.8. The molecule has 82 valence electrons. The normalized spacial score (nSPS) is 12.4. The van der Waals surface area contributed by atoms with Crippen LogP contribution in [0.25, 0.3) is 0 Å². The fourth-order valence-electron chi connectivity index (χ4n) is 1.32. The second kappa shape index (κ2) is 5.73. The van der Waals surface area contributed by atoms with Gasteiger partial charge in [0.2, 0.25) is 5.91 Å². The summed E-state index contributed by atoms with van der Waals surface area (Å²) in [5.74, 6) is -0.910. The summed E-state index contributed by atoms with van der Waals surface area (Å²) in [7, 11) is 0. The minimum atomic E-state index is -0.458. The lowest BCUT2D eigenvalue weighted by molar-refractivity contribution is -0.123. The average molecular weight is 228 g/mol. The van der Waals surface area contributed by atoms with Crippen LogP contribution in [0.2, 0.25) is 5.02 Å². The fraction of sp³-hybridized carbons (Fsp3) is 0.364. The van der Waals surface area contributed by atoms with Gasteiger partial charge in [0.1, 0.15) is 0 Å². The third-order valence-electron chi connectivity index (χ3n) is 2.32. The Labute approximate surface area is 93.9 Å². The van der Waals surface area contributed by atoms with E-state index in [4.69, 9.17) is 22.4 Å². The number of carbonyl (C=O) groups is 1. The maximum Gasteiger partial charge on any atom is 0.222 e. The monoisotopic (exact) mass is 227 g/mol. The smallest absolute Gasteiger partial charge is 0.222 e. The summed E-state index contributed by atoms with van der Waals surface area (Å²) in [6.07, 6.45) is 1.28. The van der Waals surface area contributed by atoms with Crippen molar-refractivity contribution in [3.05, 3.63) is 34.9 Å². The Morgan fingerprint density at radius 2 is 2.00 bits per heavy atom. The van der Waals surface area contributed by atoms with E-state index in [9.17, 15) is 4.79 Å². The van der Waals surface area contributed by atoms with Gasteiger partial charge in [-0.25, -0.2) is 0 Å². The number of amides is 1. The molecule has 0 fully saturated rings. The zero-order valence-electron chi connectivity index (χ0n) is 8.32. The predicted molar refractivity (Wildman–Crippen MR) is 59.5 cm³/mol. The molecule has 1 unspecified atom stereocenters. The number of aliphatic hydroxyl groups excluding tert-OH is 1. The highest BCUT2D eigenvalue weighted by Crippen LogP contribution is 2.13. The maximum atomic E-state index is 10.8. The summed E-state index contributed by atoms with van der Waals surface area (Å²) in [5.41, 5.74) is 6.20. The number of primary amides is 1. The van der Waals surface area contributed by atoms with Gasteiger partial charge in [0, 0.05) is 5.02 Å². The van der Waals surface area contributed by atoms with E-state index in [-0.39, 0.29) is 6.61 Å². The minimum absolute atomic E-state index is 0.192. The summed E-state index contributed by atoms with van der Waals surface area (Å²) in [4.78, 5) is 10.8. The standard InChI is InChI=1S/C11H14ClNO2/c12-10-5-2-8(3-6-10)1-4-9(7-14)11(13)15/h2-3,5-6,9,14H,1,4,7H2,(H2,13,15). The number of hydrogen-bond donors (Lipinski definition) is 2. The first-order valence-electron chi connectivity index (χ1n) is 4.78. The first kappa shape index (κ1) is 12.0. The van der Waals surface area contributed by atoms with Crippen molar-refractivity contribution in [1.82, 2.24) is 0 Å². The van der Waals surface area contributed by atoms with Gasteiger partial charge in [0.25, 0.3) is 0 Å². The van der Waals surface area contributed by atoms with Crippen molar-refractivity contribution in [3.63, 3.8) is 0 Å². The molecule has 1 atom stereocenters. The highest BCUT2D eigenvalue weighted by Gasteiger charge is 2.13. The second-order valence-electron chi connectivity index (χ2n) is 3.45. The Balaban J connectivity index is 2.49. The number of carbonyl (C=O) groups excluding carboxylic acids is 1. The average Bonchev–Trinajstić information content (AvgIpc) is 2.21. The molecule has 3 nitrogen and oxygen atoms in total. The van der Waals surface area contributed by atoms with Crippen molar-refractivity contribution in [1.29, 1.82) is 0 Å². The summed E-state index contributed by atoms with van der Waals surface area (Å²) < 4.78 is 0. The Hall–Kier alpha value is -1.06. The summed E-state index contributed by atoms with van der Waals surface area (Å²) in [5, 5.41) is 9.58. The van der Waals surface area contributed by atoms with Crippen molar-refractivity contribution in [2.24, 2.45) is 11.7 Å². The Kier molecular flexibility index (Phi) is 4.59. The van der Waals surface area contributed by atoms with E-state index >= 15 is 0 Å². The van der Waals surface area contributed by atoms with Crippen LogP contribution in [0.3, 0.4) is 0 Å². The molecule has 0 saturated carbocycles. The van der Waals surface area contributed by atoms with Crippen molar-refractivity contribution < 1.29 is 9.90 Å². The highest BCUT2D eigenvalue weighted by atomic mass is 35.5. The van der Waals surface area contributed by atoms with Gasteiger partial charge < -0.3 is 10.8 Å². The largest absolute Gasteiger partial charge is 0.396 e. The van der Waals surface area contributed by atoms with E-state index in [0.29, 0.717) is 17.9 Å². The van der Waals surface area contributed by atoms with Crippen molar-refractivity contribution in [2.75, 3.05) is 6.61 Å². The van der Waals surface area contributed by atoms with Crippen LogP contribution in [0.15, 0.2) is 24.3 Å². The lowest BCUT2D eigenvalue weighted by atomic mass is 10.00. The summed E-state index contributed by atoms with van der Waals surface area (Å²) >= 11 is 5.74. The van der Waals surface area contributed by atoms with Crippen molar-refractivity contribution in [2.45, 2.75) is 12.8 Å². The second-order valence-corrected chi connectivity index (χ2v) is 3.88. The van der Waals surface area contributed by atoms with E-state index in [2.05, 4.69) is 0 Å². The zero-order chi connectivity index (χ0) is 11.3. The van der Waals surface area contributed by atoms with Gasteiger partial charge in [0.05, 0.1) is 12.5 Å². The van der Waals surface area contributed by atoms with Crippen LogP contribution < -0.4 is 5.73 Å². The van der Waals surface area contributed by atoms with Gasteiger partial charge in [-0.2, -0.15) is 0 Å². The number of halogens is 1. The highest BCUT2D eigenvalue weighted by molar-refractivity contribution is 6.30. The van der Waals surface area contributed by atoms with Gasteiger partial charge in [-0.05, 0) is 30.5 Å². The molecule has 3 N–H and O–H groups in total. The molecule has 4 heteroatoms. The van der Waals surface area contributed by atoms with Gasteiger partial charge in [-0.15, -0.1) is 0 Å². The molecule has 0 bridgehead atoms. The van der Waals surface area contributed by atoms with Crippen molar-refractivity contribution in [3.8, 4) is 0 Å². The molecule has 0 aliphatic rings. The van der Waals surface area contributed by atoms with E-state index in [1.54, 1.807) is 12.1 Å². The fourth-order valence-corrected chi connectivity index (χ4v) is 1.44. The Morgan fingerprint density at radius 1 is 1.40 bits per heavy atom. The molecule has 0 aromatic heterocycles. The van der Waals surface area contributed by atoms with Gasteiger partial charge in [0.15, 0.2) is 0 Å². The molecule has 1 amide bonds. The molecule has 0 aliphatic carbocycles. The third-order valence-corrected chi connectivity index (χ3v) is 2.57. The summed E-state index contributed by atoms with van der Waals surface area (Å²) in [6, 6.07) is 7.40. The third kappa shape index (κ3) is 3.90. The zero-order valence-corrected chi connectivity index (χ0v) is 9.07. The van der Waals surface area contributed by atoms with E-state index in [1.807, 2.05) is 12.1 Å². The van der Waals surface area contributed by atoms with Crippen LogP contribution >= 0.6 is 11.6 Å². The molecule has 15 heavy (non-hydrogen) atoms. The molecule has 1 rings (SSSR count). The van der Waals surface area contributed by atoms with Crippen molar-refractivity contribution >= 4 is 17.5 Å².